The van der Waals surface area contributed by atoms with Crippen molar-refractivity contribution in [1.29, 1.82) is 0 Å². The molecule has 0 amide bonds. The van der Waals surface area contributed by atoms with E-state index in [0.717, 1.165) is 18.2 Å². The standard InChI is InChI=1S/C11H7BrF6O3/c1-5(19)6-2-3-8(7(12)4-6)20-10(14,15)9(13)21-11(16,17)18/h2-4,9H,1H3. The van der Waals surface area contributed by atoms with E-state index in [9.17, 15) is 31.1 Å². The number of benzene rings is 1. The first-order chi connectivity index (χ1) is 9.42. The van der Waals surface area contributed by atoms with Crippen LogP contribution in [0, 0.1) is 0 Å². The number of rotatable bonds is 5. The molecule has 0 aromatic heterocycles. The maximum Gasteiger partial charge on any atom is 0.525 e. The summed E-state index contributed by atoms with van der Waals surface area (Å²) >= 11 is 2.78. The molecule has 21 heavy (non-hydrogen) atoms. The van der Waals surface area contributed by atoms with Crippen molar-refractivity contribution in [3.8, 4) is 5.75 Å². The normalized spacial score (nSPS) is 13.9. The SMILES string of the molecule is CC(=O)c1ccc(OC(F)(F)C(F)OC(F)(F)F)c(Br)c1. The molecule has 0 saturated heterocycles. The molecule has 118 valence electrons. The molecule has 1 atom stereocenters. The van der Waals surface area contributed by atoms with E-state index < -0.39 is 24.6 Å². The number of Topliss-reactive ketones (excluding diaryl/α,β-unsaturated/α-hetero) is 1. The Hall–Kier alpha value is -1.29. The first kappa shape index (κ1) is 17.8. The molecule has 0 aliphatic carbocycles. The summed E-state index contributed by atoms with van der Waals surface area (Å²) in [5.74, 6) is -1.03. The predicted molar refractivity (Wildman–Crippen MR) is 61.8 cm³/mol. The van der Waals surface area contributed by atoms with Gasteiger partial charge in [0.05, 0.1) is 4.47 Å². The highest BCUT2D eigenvalue weighted by atomic mass is 79.9. The summed E-state index contributed by atoms with van der Waals surface area (Å²) in [6.07, 6.45) is -14.5. The molecule has 3 nitrogen and oxygen atoms in total. The molecule has 0 fully saturated rings. The van der Waals surface area contributed by atoms with Crippen LogP contribution in [0.1, 0.15) is 17.3 Å². The fourth-order valence-corrected chi connectivity index (χ4v) is 1.64. The average molecular weight is 381 g/mol. The van der Waals surface area contributed by atoms with Crippen LogP contribution in [0.3, 0.4) is 0 Å². The van der Waals surface area contributed by atoms with E-state index in [1.54, 1.807) is 0 Å². The van der Waals surface area contributed by atoms with Gasteiger partial charge in [0.15, 0.2) is 5.78 Å². The van der Waals surface area contributed by atoms with E-state index in [0.29, 0.717) is 0 Å². The van der Waals surface area contributed by atoms with Crippen molar-refractivity contribution in [2.24, 2.45) is 0 Å². The zero-order valence-electron chi connectivity index (χ0n) is 10.2. The van der Waals surface area contributed by atoms with Crippen molar-refractivity contribution in [3.63, 3.8) is 0 Å². The topological polar surface area (TPSA) is 35.5 Å². The summed E-state index contributed by atoms with van der Waals surface area (Å²) in [6.45, 7) is 1.21. The van der Waals surface area contributed by atoms with Crippen molar-refractivity contribution in [3.05, 3.63) is 28.2 Å². The predicted octanol–water partition coefficient (Wildman–Crippen LogP) is 4.46. The van der Waals surface area contributed by atoms with Crippen LogP contribution in [0.4, 0.5) is 26.3 Å². The highest BCUT2D eigenvalue weighted by Crippen LogP contribution is 2.35. The van der Waals surface area contributed by atoms with Gasteiger partial charge in [-0.05, 0) is 41.1 Å². The quantitative estimate of drug-likeness (QED) is 0.559. The maximum atomic E-state index is 13.2. The van der Waals surface area contributed by atoms with Crippen molar-refractivity contribution in [2.75, 3.05) is 0 Å². The number of ether oxygens (including phenoxy) is 2. The van der Waals surface area contributed by atoms with Gasteiger partial charge in [0.25, 0.3) is 0 Å². The lowest BCUT2D eigenvalue weighted by Crippen LogP contribution is -2.41. The van der Waals surface area contributed by atoms with Crippen molar-refractivity contribution in [1.82, 2.24) is 0 Å². The van der Waals surface area contributed by atoms with Gasteiger partial charge in [-0.2, -0.15) is 8.78 Å². The van der Waals surface area contributed by atoms with Crippen LogP contribution in [0.2, 0.25) is 0 Å². The molecule has 0 spiro atoms. The summed E-state index contributed by atoms with van der Waals surface area (Å²) in [5.41, 5.74) is 0.140. The van der Waals surface area contributed by atoms with Gasteiger partial charge in [-0.25, -0.2) is 9.13 Å². The Bertz CT molecular complexity index is 531. The van der Waals surface area contributed by atoms with Crippen LogP contribution < -0.4 is 4.74 Å². The van der Waals surface area contributed by atoms with Gasteiger partial charge in [0.1, 0.15) is 5.75 Å². The summed E-state index contributed by atoms with van der Waals surface area (Å²) < 4.78 is 80.5. The van der Waals surface area contributed by atoms with Gasteiger partial charge in [0.2, 0.25) is 0 Å². The van der Waals surface area contributed by atoms with E-state index in [1.165, 1.54) is 6.92 Å². The minimum absolute atomic E-state index is 0.140. The number of carbonyl (C=O) groups excluding carboxylic acids is 1. The molecule has 0 aliphatic heterocycles. The number of halogens is 7. The van der Waals surface area contributed by atoms with Crippen LogP contribution >= 0.6 is 15.9 Å². The third kappa shape index (κ3) is 5.20. The van der Waals surface area contributed by atoms with Crippen molar-refractivity contribution in [2.45, 2.75) is 25.8 Å². The smallest absolute Gasteiger partial charge is 0.427 e. The number of hydrogen-bond acceptors (Lipinski definition) is 3. The fourth-order valence-electron chi connectivity index (χ4n) is 1.18. The van der Waals surface area contributed by atoms with E-state index >= 15 is 0 Å². The van der Waals surface area contributed by atoms with Gasteiger partial charge in [-0.15, -0.1) is 13.2 Å². The molecular formula is C11H7BrF6O3. The average Bonchev–Trinajstić information content (AvgIpc) is 2.29. The Morgan fingerprint density at radius 1 is 1.24 bits per heavy atom. The van der Waals surface area contributed by atoms with Gasteiger partial charge >= 0.3 is 18.8 Å². The first-order valence-corrected chi connectivity index (χ1v) is 5.97. The Morgan fingerprint density at radius 2 is 1.81 bits per heavy atom. The molecule has 0 radical (unpaired) electrons. The third-order valence-corrected chi connectivity index (χ3v) is 2.71. The van der Waals surface area contributed by atoms with E-state index in [1.807, 2.05) is 0 Å². The second-order valence-electron chi connectivity index (χ2n) is 3.74. The Kier molecular flexibility index (Phi) is 5.26. The second kappa shape index (κ2) is 6.22. The number of ketones is 1. The van der Waals surface area contributed by atoms with Crippen LogP contribution in [-0.2, 0) is 4.74 Å². The molecule has 1 aromatic rings. The lowest BCUT2D eigenvalue weighted by Gasteiger charge is -2.22. The highest BCUT2D eigenvalue weighted by molar-refractivity contribution is 9.10. The third-order valence-electron chi connectivity index (χ3n) is 2.09. The lowest BCUT2D eigenvalue weighted by atomic mass is 10.1. The minimum Gasteiger partial charge on any atom is -0.427 e. The zero-order chi connectivity index (χ0) is 16.4. The minimum atomic E-state index is -5.58. The number of hydrogen-bond donors (Lipinski definition) is 0. The molecule has 1 aromatic carbocycles. The fraction of sp³-hybridized carbons (Fsp3) is 0.364. The molecule has 0 heterocycles. The molecular weight excluding hydrogens is 374 g/mol. The Labute approximate surface area is 123 Å². The van der Waals surface area contributed by atoms with Gasteiger partial charge < -0.3 is 4.74 Å². The molecule has 0 N–H and O–H groups in total. The Balaban J connectivity index is 2.91. The Morgan fingerprint density at radius 3 is 2.24 bits per heavy atom. The van der Waals surface area contributed by atoms with Crippen LogP contribution in [-0.4, -0.2) is 24.6 Å². The summed E-state index contributed by atoms with van der Waals surface area (Å²) in [4.78, 5) is 11.0. The summed E-state index contributed by atoms with van der Waals surface area (Å²) in [7, 11) is 0. The van der Waals surface area contributed by atoms with Crippen LogP contribution in [0.5, 0.6) is 5.75 Å². The molecule has 10 heteroatoms. The van der Waals surface area contributed by atoms with Crippen LogP contribution in [0.25, 0.3) is 0 Å². The number of alkyl halides is 6. The van der Waals surface area contributed by atoms with Gasteiger partial charge in [-0.3, -0.25) is 4.79 Å². The second-order valence-corrected chi connectivity index (χ2v) is 4.60. The molecule has 1 rings (SSSR count). The van der Waals surface area contributed by atoms with Gasteiger partial charge in [0, 0.05) is 5.56 Å². The zero-order valence-corrected chi connectivity index (χ0v) is 11.8. The van der Waals surface area contributed by atoms with E-state index in [4.69, 9.17) is 0 Å². The first-order valence-electron chi connectivity index (χ1n) is 5.18. The summed E-state index contributed by atoms with van der Waals surface area (Å²) in [6, 6.07) is 3.08. The molecule has 0 bridgehead atoms. The lowest BCUT2D eigenvalue weighted by molar-refractivity contribution is -0.411. The monoisotopic (exact) mass is 380 g/mol. The molecule has 1 unspecified atom stereocenters. The van der Waals surface area contributed by atoms with E-state index in [-0.39, 0.29) is 15.8 Å². The van der Waals surface area contributed by atoms with Crippen LogP contribution in [0.15, 0.2) is 22.7 Å². The van der Waals surface area contributed by atoms with E-state index in [2.05, 4.69) is 25.4 Å². The van der Waals surface area contributed by atoms with Crippen molar-refractivity contribution >= 4 is 21.7 Å². The maximum absolute atomic E-state index is 13.2. The highest BCUT2D eigenvalue weighted by Gasteiger charge is 2.50. The molecule has 0 saturated carbocycles. The summed E-state index contributed by atoms with van der Waals surface area (Å²) in [5, 5.41) is 0. The number of carbonyl (C=O) groups is 1. The molecule has 0 aliphatic rings. The van der Waals surface area contributed by atoms with Gasteiger partial charge in [-0.1, -0.05) is 0 Å². The van der Waals surface area contributed by atoms with Crippen molar-refractivity contribution < 1.29 is 40.6 Å². The largest absolute Gasteiger partial charge is 0.525 e.